The second kappa shape index (κ2) is 2.01. The molecule has 0 saturated carbocycles. The highest BCUT2D eigenvalue weighted by molar-refractivity contribution is 6.12. The molecule has 1 aliphatic heterocycles. The first-order valence-electron chi connectivity index (χ1n) is 4.74. The lowest BCUT2D eigenvalue weighted by Crippen LogP contribution is -2.29. The monoisotopic (exact) mass is 130 g/mol. The standard InChI is InChI=1S/C6H7NO2/c1-2-7-5(8)3-4-6(7)9/h3-4H,2H2,1H3/i1D3,2D2. The summed E-state index contributed by atoms with van der Waals surface area (Å²) in [6, 6.07) is 0. The Balaban J connectivity index is 3.06. The summed E-state index contributed by atoms with van der Waals surface area (Å²) in [7, 11) is 0. The Hall–Kier alpha value is -1.12. The fourth-order valence-corrected chi connectivity index (χ4v) is 0.510. The van der Waals surface area contributed by atoms with Crippen LogP contribution in [0.25, 0.3) is 0 Å². The molecule has 0 saturated heterocycles. The maximum Gasteiger partial charge on any atom is 0.253 e. The zero-order valence-corrected chi connectivity index (χ0v) is 4.42. The third kappa shape index (κ3) is 0.850. The number of hydrogen-bond donors (Lipinski definition) is 0. The minimum Gasteiger partial charge on any atom is -0.276 e. The minimum atomic E-state index is -3.05. The van der Waals surface area contributed by atoms with Crippen LogP contribution in [0.1, 0.15) is 13.7 Å². The number of imide groups is 1. The van der Waals surface area contributed by atoms with Crippen molar-refractivity contribution in [1.82, 2.24) is 4.90 Å². The van der Waals surface area contributed by atoms with Gasteiger partial charge in [0.25, 0.3) is 11.8 Å². The molecule has 0 bridgehead atoms. The molecule has 1 heterocycles. The Morgan fingerprint density at radius 1 is 1.67 bits per heavy atom. The second-order valence-corrected chi connectivity index (χ2v) is 1.46. The topological polar surface area (TPSA) is 37.4 Å². The lowest BCUT2D eigenvalue weighted by Gasteiger charge is -2.08. The second-order valence-electron chi connectivity index (χ2n) is 1.46. The van der Waals surface area contributed by atoms with Crippen LogP contribution in [0.4, 0.5) is 0 Å². The maximum absolute atomic E-state index is 11.0. The molecule has 0 radical (unpaired) electrons. The van der Waals surface area contributed by atoms with Gasteiger partial charge in [0.2, 0.25) is 0 Å². The van der Waals surface area contributed by atoms with Gasteiger partial charge in [-0.15, -0.1) is 0 Å². The normalized spacial score (nSPS) is 28.9. The van der Waals surface area contributed by atoms with E-state index in [0.29, 0.717) is 0 Å². The van der Waals surface area contributed by atoms with E-state index in [1.165, 1.54) is 0 Å². The molecule has 0 N–H and O–H groups in total. The van der Waals surface area contributed by atoms with Crippen molar-refractivity contribution in [2.45, 2.75) is 6.85 Å². The molecule has 0 aromatic rings. The van der Waals surface area contributed by atoms with Gasteiger partial charge in [0.15, 0.2) is 0 Å². The number of hydrogen-bond acceptors (Lipinski definition) is 2. The van der Waals surface area contributed by atoms with Gasteiger partial charge in [-0.05, 0) is 6.85 Å². The van der Waals surface area contributed by atoms with Gasteiger partial charge in [-0.3, -0.25) is 14.5 Å². The predicted octanol–water partition coefficient (Wildman–Crippen LogP) is -0.0687. The first-order valence-corrected chi connectivity index (χ1v) is 2.24. The molecule has 0 fully saturated rings. The van der Waals surface area contributed by atoms with E-state index in [9.17, 15) is 9.59 Å². The Morgan fingerprint density at radius 3 is 2.67 bits per heavy atom. The van der Waals surface area contributed by atoms with Crippen molar-refractivity contribution in [3.63, 3.8) is 0 Å². The van der Waals surface area contributed by atoms with Crippen LogP contribution >= 0.6 is 0 Å². The Morgan fingerprint density at radius 2 is 2.22 bits per heavy atom. The quantitative estimate of drug-likeness (QED) is 0.466. The van der Waals surface area contributed by atoms with Crippen molar-refractivity contribution in [2.75, 3.05) is 6.50 Å². The molecular formula is C6H7NO2. The van der Waals surface area contributed by atoms with E-state index in [-0.39, 0.29) is 4.90 Å². The largest absolute Gasteiger partial charge is 0.276 e. The molecule has 0 atom stereocenters. The van der Waals surface area contributed by atoms with Crippen LogP contribution in [0.15, 0.2) is 12.2 Å². The van der Waals surface area contributed by atoms with E-state index in [0.717, 1.165) is 12.2 Å². The van der Waals surface area contributed by atoms with Crippen LogP contribution in [0.2, 0.25) is 0 Å². The number of amides is 2. The molecule has 2 amide bonds. The van der Waals surface area contributed by atoms with E-state index in [1.54, 1.807) is 0 Å². The van der Waals surface area contributed by atoms with Crippen molar-refractivity contribution >= 4 is 11.8 Å². The van der Waals surface area contributed by atoms with E-state index < -0.39 is 25.2 Å². The van der Waals surface area contributed by atoms with E-state index in [1.807, 2.05) is 0 Å². The molecule has 1 rings (SSSR count). The fraction of sp³-hybridized carbons (Fsp3) is 0.333. The van der Waals surface area contributed by atoms with E-state index >= 15 is 0 Å². The predicted molar refractivity (Wildman–Crippen MR) is 31.5 cm³/mol. The highest BCUT2D eigenvalue weighted by atomic mass is 16.2. The lowest BCUT2D eigenvalue weighted by molar-refractivity contribution is -0.136. The number of carbonyl (C=O) groups excluding carboxylic acids is 2. The maximum atomic E-state index is 11.0. The SMILES string of the molecule is [2H]C([2H])([2H])C([2H])([2H])N1C(=O)C=CC1=O. The van der Waals surface area contributed by atoms with Gasteiger partial charge in [-0.2, -0.15) is 0 Å². The van der Waals surface area contributed by atoms with Crippen molar-refractivity contribution in [3.05, 3.63) is 12.2 Å². The van der Waals surface area contributed by atoms with Crippen molar-refractivity contribution < 1.29 is 16.4 Å². The number of rotatable bonds is 1. The van der Waals surface area contributed by atoms with Crippen molar-refractivity contribution in [2.24, 2.45) is 0 Å². The molecule has 0 aliphatic carbocycles. The molecule has 3 nitrogen and oxygen atoms in total. The molecule has 0 spiro atoms. The first-order chi connectivity index (χ1) is 6.18. The van der Waals surface area contributed by atoms with Crippen molar-refractivity contribution in [3.8, 4) is 0 Å². The highest BCUT2D eigenvalue weighted by Gasteiger charge is 2.20. The van der Waals surface area contributed by atoms with Gasteiger partial charge >= 0.3 is 0 Å². The van der Waals surface area contributed by atoms with Gasteiger partial charge in [0, 0.05) is 25.5 Å². The zero-order valence-electron chi connectivity index (χ0n) is 9.42. The van der Waals surface area contributed by atoms with Crippen LogP contribution in [-0.4, -0.2) is 23.2 Å². The zero-order chi connectivity index (χ0) is 11.1. The molecule has 48 valence electrons. The van der Waals surface area contributed by atoms with Crippen molar-refractivity contribution in [1.29, 1.82) is 0 Å². The summed E-state index contributed by atoms with van der Waals surface area (Å²) in [5.74, 6) is -1.90. The van der Waals surface area contributed by atoms with E-state index in [4.69, 9.17) is 6.85 Å². The fourth-order valence-electron chi connectivity index (χ4n) is 0.510. The highest BCUT2D eigenvalue weighted by Crippen LogP contribution is 2.00. The molecule has 9 heavy (non-hydrogen) atoms. The third-order valence-electron chi connectivity index (χ3n) is 0.921. The summed E-state index contributed by atoms with van der Waals surface area (Å²) in [5.41, 5.74) is 0. The van der Waals surface area contributed by atoms with Crippen LogP contribution in [0, 0.1) is 0 Å². The minimum absolute atomic E-state index is 0.0972. The van der Waals surface area contributed by atoms with Crippen LogP contribution < -0.4 is 0 Å². The molecule has 0 unspecified atom stereocenters. The van der Waals surface area contributed by atoms with Gasteiger partial charge in [-0.1, -0.05) is 0 Å². The summed E-state index contributed by atoms with van der Waals surface area (Å²) >= 11 is 0. The summed E-state index contributed by atoms with van der Waals surface area (Å²) in [4.78, 5) is 22.1. The smallest absolute Gasteiger partial charge is 0.253 e. The Bertz CT molecular complexity index is 301. The van der Waals surface area contributed by atoms with Gasteiger partial charge < -0.3 is 0 Å². The van der Waals surface area contributed by atoms with Gasteiger partial charge in [0.1, 0.15) is 0 Å². The van der Waals surface area contributed by atoms with E-state index in [2.05, 4.69) is 0 Å². The summed E-state index contributed by atoms with van der Waals surface area (Å²) in [6.07, 6.45) is 1.68. The lowest BCUT2D eigenvalue weighted by atomic mass is 10.5. The van der Waals surface area contributed by atoms with Crippen LogP contribution in [0.3, 0.4) is 0 Å². The summed E-state index contributed by atoms with van der Waals surface area (Å²) in [5, 5.41) is 0. The van der Waals surface area contributed by atoms with Gasteiger partial charge in [-0.25, -0.2) is 0 Å². The Kier molecular flexibility index (Phi) is 0.502. The first kappa shape index (κ1) is 2.25. The van der Waals surface area contributed by atoms with Crippen LogP contribution in [-0.2, 0) is 9.59 Å². The molecule has 3 heteroatoms. The van der Waals surface area contributed by atoms with Gasteiger partial charge in [0.05, 0.1) is 0 Å². The molecule has 0 aromatic carbocycles. The molecule has 1 aliphatic rings. The number of nitrogens with zero attached hydrogens (tertiary/aromatic N) is 1. The molecular weight excluding hydrogens is 118 g/mol. The summed E-state index contributed by atoms with van der Waals surface area (Å²) in [6.45, 7) is -6.02. The van der Waals surface area contributed by atoms with Crippen LogP contribution in [0.5, 0.6) is 0 Å². The third-order valence-corrected chi connectivity index (χ3v) is 0.921. The average Bonchev–Trinajstić information content (AvgIpc) is 2.28. The summed E-state index contributed by atoms with van der Waals surface area (Å²) < 4.78 is 35.0. The average molecular weight is 130 g/mol. The number of likely N-dealkylation sites (N-methyl/N-ethyl adjacent to an activating group) is 1. The Labute approximate surface area is 60.0 Å². The molecule has 0 aromatic heterocycles. The number of carbonyl (C=O) groups is 2.